The van der Waals surface area contributed by atoms with E-state index in [1.807, 2.05) is 18.3 Å². The molecule has 2 aromatic heterocycles. The van der Waals surface area contributed by atoms with Gasteiger partial charge in [-0.1, -0.05) is 190 Å². The maximum Gasteiger partial charge on any atom is 0.135 e. The van der Waals surface area contributed by atoms with Crippen molar-refractivity contribution in [1.82, 2.24) is 9.55 Å². The van der Waals surface area contributed by atoms with Gasteiger partial charge in [-0.15, -0.1) is 53.6 Å². The number of para-hydroxylation sites is 3. The zero-order valence-corrected chi connectivity index (χ0v) is 42.1. The van der Waals surface area contributed by atoms with E-state index in [0.29, 0.717) is 11.5 Å². The molecule has 0 amide bonds. The summed E-state index contributed by atoms with van der Waals surface area (Å²) in [5, 5.41) is 2.18. The van der Waals surface area contributed by atoms with Gasteiger partial charge in [0.1, 0.15) is 5.82 Å². The number of hydrogen-bond donors (Lipinski definition) is 0. The predicted molar refractivity (Wildman–Crippen MR) is 289 cm³/mol. The van der Waals surface area contributed by atoms with Crippen LogP contribution in [-0.4, -0.2) is 9.55 Å². The van der Waals surface area contributed by atoms with Crippen LogP contribution in [0.15, 0.2) is 219 Å². The van der Waals surface area contributed by atoms with Gasteiger partial charge in [-0.25, -0.2) is 4.98 Å². The van der Waals surface area contributed by atoms with Gasteiger partial charge in [-0.05, 0) is 75.4 Å². The predicted octanol–water partition coefficient (Wildman–Crippen LogP) is 17.3. The van der Waals surface area contributed by atoms with Gasteiger partial charge in [0.25, 0.3) is 0 Å². The quantitative estimate of drug-likeness (QED) is 0.135. The molecule has 12 rings (SSSR count). The molecule has 0 aliphatic carbocycles. The minimum atomic E-state index is -0.201. The Hall–Kier alpha value is -7.98. The first-order valence-electron chi connectivity index (χ1n) is 23.9. The molecule has 5 nitrogen and oxygen atoms in total. The Labute approximate surface area is 430 Å². The van der Waals surface area contributed by atoms with Crippen LogP contribution in [0.3, 0.4) is 0 Å². The minimum absolute atomic E-state index is 0. The van der Waals surface area contributed by atoms with Gasteiger partial charge in [0, 0.05) is 78.0 Å². The third kappa shape index (κ3) is 8.51. The van der Waals surface area contributed by atoms with Crippen molar-refractivity contribution in [2.24, 2.45) is 0 Å². The number of rotatable bonds is 9. The molecule has 1 aliphatic rings. The van der Waals surface area contributed by atoms with Crippen molar-refractivity contribution in [3.05, 3.63) is 248 Å². The summed E-state index contributed by atoms with van der Waals surface area (Å²) >= 11 is 0. The Morgan fingerprint density at radius 1 is 0.493 bits per heavy atom. The summed E-state index contributed by atoms with van der Waals surface area (Å²) in [6.45, 7) is 11.1. The van der Waals surface area contributed by atoms with E-state index in [2.05, 4.69) is 261 Å². The maximum atomic E-state index is 6.96. The monoisotopic (exact) mass is 1100 g/mol. The van der Waals surface area contributed by atoms with E-state index in [1.165, 1.54) is 5.56 Å². The normalized spacial score (nSPS) is 12.3. The van der Waals surface area contributed by atoms with Crippen LogP contribution in [0.2, 0.25) is 0 Å². The minimum Gasteiger partial charge on any atom is -0.509 e. The summed E-state index contributed by atoms with van der Waals surface area (Å²) in [4.78, 5) is 9.71. The van der Waals surface area contributed by atoms with E-state index in [9.17, 15) is 0 Å². The van der Waals surface area contributed by atoms with Crippen molar-refractivity contribution in [3.8, 4) is 61.8 Å². The van der Waals surface area contributed by atoms with Crippen molar-refractivity contribution >= 4 is 44.6 Å². The summed E-state index contributed by atoms with van der Waals surface area (Å²) in [5.41, 5.74) is 17.2. The molecule has 0 spiro atoms. The van der Waals surface area contributed by atoms with E-state index < -0.39 is 0 Å². The molecule has 348 valence electrons. The van der Waals surface area contributed by atoms with Crippen LogP contribution in [0.5, 0.6) is 11.5 Å². The third-order valence-corrected chi connectivity index (χ3v) is 13.4. The fourth-order valence-electron chi connectivity index (χ4n) is 9.87. The first kappa shape index (κ1) is 45.5. The summed E-state index contributed by atoms with van der Waals surface area (Å²) in [6.07, 6.45) is 1.99. The summed E-state index contributed by atoms with van der Waals surface area (Å²) < 4.78 is 9.18. The Kier molecular flexibility index (Phi) is 12.0. The molecule has 11 aromatic rings. The van der Waals surface area contributed by atoms with E-state index >= 15 is 0 Å². The molecule has 0 fully saturated rings. The molecule has 0 radical (unpaired) electrons. The molecule has 0 unspecified atom stereocenters. The number of fused-ring (bicyclic) bond motifs is 4. The van der Waals surface area contributed by atoms with Crippen LogP contribution in [0, 0.1) is 25.7 Å². The van der Waals surface area contributed by atoms with Gasteiger partial charge in [-0.2, -0.15) is 6.07 Å². The molecule has 0 saturated carbocycles. The van der Waals surface area contributed by atoms with Crippen LogP contribution in [-0.2, 0) is 26.5 Å². The second-order valence-electron chi connectivity index (χ2n) is 19.0. The average Bonchev–Trinajstić information content (AvgIpc) is 3.95. The molecular weight excluding hydrogens is 1050 g/mol. The van der Waals surface area contributed by atoms with E-state index in [1.54, 1.807) is 0 Å². The van der Waals surface area contributed by atoms with E-state index in [0.717, 1.165) is 100 Å². The van der Waals surface area contributed by atoms with Gasteiger partial charge < -0.3 is 19.1 Å². The number of ether oxygens (including phenoxy) is 1. The van der Waals surface area contributed by atoms with Crippen molar-refractivity contribution in [1.29, 1.82) is 0 Å². The van der Waals surface area contributed by atoms with Crippen LogP contribution in [0.25, 0.3) is 72.1 Å². The van der Waals surface area contributed by atoms with Crippen molar-refractivity contribution in [3.63, 3.8) is 0 Å². The summed E-state index contributed by atoms with van der Waals surface area (Å²) in [7, 11) is 0. The van der Waals surface area contributed by atoms with Gasteiger partial charge in [0.05, 0.1) is 0 Å². The SMILES string of the molecule is Cc1cc(-n2c3[c-]c(Oc4[c-]c(N5[CH-]N(c6c(-c7ccccc7)cccc6-c6ccccc6)c6ccccc65)cc(C(C)(C)C)c4)ccc3c3cc(-c4ccccc4)ccc32)ncc1-c1ccccc1.[Pt]. The Morgan fingerprint density at radius 3 is 1.68 bits per heavy atom. The molecule has 6 heteroatoms. The average molecular weight is 1100 g/mol. The van der Waals surface area contributed by atoms with Gasteiger partial charge >= 0.3 is 0 Å². The van der Waals surface area contributed by atoms with Gasteiger partial charge in [-0.3, -0.25) is 0 Å². The zero-order valence-electron chi connectivity index (χ0n) is 39.9. The number of aryl methyl sites for hydroxylation is 1. The Morgan fingerprint density at radius 2 is 1.07 bits per heavy atom. The molecule has 0 saturated heterocycles. The van der Waals surface area contributed by atoms with Crippen molar-refractivity contribution < 1.29 is 25.8 Å². The molecular formula is C65H49N4OPt-3. The third-order valence-electron chi connectivity index (χ3n) is 13.4. The molecule has 1 aliphatic heterocycles. The smallest absolute Gasteiger partial charge is 0.135 e. The number of pyridine rings is 1. The number of hydrogen-bond acceptors (Lipinski definition) is 4. The van der Waals surface area contributed by atoms with Crippen molar-refractivity contribution in [2.75, 3.05) is 9.80 Å². The topological polar surface area (TPSA) is 33.5 Å². The van der Waals surface area contributed by atoms with Crippen LogP contribution >= 0.6 is 0 Å². The maximum absolute atomic E-state index is 6.96. The van der Waals surface area contributed by atoms with E-state index in [-0.39, 0.29) is 26.5 Å². The second kappa shape index (κ2) is 18.7. The molecule has 71 heavy (non-hydrogen) atoms. The molecule has 3 heterocycles. The summed E-state index contributed by atoms with van der Waals surface area (Å²) in [5.74, 6) is 2.01. The second-order valence-corrected chi connectivity index (χ2v) is 19.0. The number of anilines is 4. The fraction of sp³-hybridized carbons (Fsp3) is 0.0769. The first-order chi connectivity index (χ1) is 34.2. The molecule has 0 atom stereocenters. The van der Waals surface area contributed by atoms with Crippen molar-refractivity contribution in [2.45, 2.75) is 33.1 Å². The van der Waals surface area contributed by atoms with Gasteiger partial charge in [0.15, 0.2) is 0 Å². The van der Waals surface area contributed by atoms with E-state index in [4.69, 9.17) is 9.72 Å². The first-order valence-corrected chi connectivity index (χ1v) is 23.9. The Balaban J connectivity index is 0.00000547. The number of nitrogens with zero attached hydrogens (tertiary/aromatic N) is 4. The zero-order chi connectivity index (χ0) is 47.3. The largest absolute Gasteiger partial charge is 0.509 e. The van der Waals surface area contributed by atoms with Gasteiger partial charge in [0.2, 0.25) is 0 Å². The van der Waals surface area contributed by atoms with Crippen LogP contribution in [0.1, 0.15) is 31.9 Å². The molecule has 9 aromatic carbocycles. The number of benzene rings is 9. The fourth-order valence-corrected chi connectivity index (χ4v) is 9.87. The Bertz CT molecular complexity index is 3660. The van der Waals surface area contributed by atoms with Crippen LogP contribution in [0.4, 0.5) is 22.7 Å². The summed E-state index contributed by atoms with van der Waals surface area (Å²) in [6, 6.07) is 82.4. The number of aromatic nitrogens is 2. The standard InChI is InChI=1S/C65H49N4O.Pt/c1-44-36-63(66-42-58(44)48-26-15-8-16-27-48)69-59-35-32-49(45-20-9-5-10-21-45)37-57(59)56-34-33-52(41-62(56)69)70-53-39-50(65(2,3)4)38-51(40-53)67-43-68(61-31-18-17-30-60(61)67)64-54(46-22-11-6-12-23-46)28-19-29-55(64)47-24-13-7-14-25-47;/h5-39,42-43H,1-4H3;/q-3;. The molecule has 0 N–H and O–H groups in total. The molecule has 0 bridgehead atoms. The van der Waals surface area contributed by atoms with Crippen LogP contribution < -0.4 is 14.5 Å².